The second kappa shape index (κ2) is 6.89. The number of benzene rings is 1. The Morgan fingerprint density at radius 1 is 1.24 bits per heavy atom. The zero-order valence-electron chi connectivity index (χ0n) is 12.7. The van der Waals surface area contributed by atoms with E-state index < -0.39 is 0 Å². The number of hydrogen-bond acceptors (Lipinski definition) is 3. The molecule has 21 heavy (non-hydrogen) atoms. The maximum Gasteiger partial charge on any atom is 0.179 e. The Labute approximate surface area is 132 Å². The molecular weight excluding hydrogens is 286 g/mol. The molecule has 1 aliphatic heterocycles. The van der Waals surface area contributed by atoms with Crippen LogP contribution in [0.4, 0.5) is 0 Å². The highest BCUT2D eigenvalue weighted by Crippen LogP contribution is 2.38. The molecule has 1 N–H and O–H groups in total. The lowest BCUT2D eigenvalue weighted by atomic mass is 9.82. The normalized spacial score (nSPS) is 24.9. The Kier molecular flexibility index (Phi) is 4.91. The fourth-order valence-corrected chi connectivity index (χ4v) is 3.72. The number of fused-ring (bicyclic) bond motifs is 1. The summed E-state index contributed by atoms with van der Waals surface area (Å²) in [5, 5.41) is 4.22. The summed E-state index contributed by atoms with van der Waals surface area (Å²) in [5.41, 5.74) is 1.16. The summed E-state index contributed by atoms with van der Waals surface area (Å²) in [7, 11) is 0. The summed E-state index contributed by atoms with van der Waals surface area (Å²) in [6, 6.07) is 4.02. The third-order valence-electron chi connectivity index (χ3n) is 4.46. The topological polar surface area (TPSA) is 30.5 Å². The van der Waals surface area contributed by atoms with E-state index in [2.05, 4.69) is 12.2 Å². The summed E-state index contributed by atoms with van der Waals surface area (Å²) in [4.78, 5) is 0. The van der Waals surface area contributed by atoms with Crippen LogP contribution in [0.25, 0.3) is 0 Å². The standard InChI is InChI=1S/C17H24ClNO2/c1-12-3-2-4-13(7-12)10-19-11-14-8-15(18)17-16(9-14)20-5-6-21-17/h8-9,12-13,19H,2-7,10-11H2,1H3. The van der Waals surface area contributed by atoms with Gasteiger partial charge < -0.3 is 14.8 Å². The van der Waals surface area contributed by atoms with Gasteiger partial charge in [-0.2, -0.15) is 0 Å². The van der Waals surface area contributed by atoms with Crippen LogP contribution in [0.3, 0.4) is 0 Å². The van der Waals surface area contributed by atoms with Gasteiger partial charge in [0.15, 0.2) is 11.5 Å². The molecule has 0 amide bonds. The monoisotopic (exact) mass is 309 g/mol. The van der Waals surface area contributed by atoms with Crippen molar-refractivity contribution in [2.24, 2.45) is 11.8 Å². The van der Waals surface area contributed by atoms with E-state index in [0.29, 0.717) is 24.0 Å². The highest BCUT2D eigenvalue weighted by molar-refractivity contribution is 6.32. The molecule has 1 aromatic rings. The van der Waals surface area contributed by atoms with Crippen LogP contribution in [0, 0.1) is 11.8 Å². The zero-order chi connectivity index (χ0) is 14.7. The van der Waals surface area contributed by atoms with E-state index >= 15 is 0 Å². The molecule has 116 valence electrons. The van der Waals surface area contributed by atoms with Crippen molar-refractivity contribution < 1.29 is 9.47 Å². The van der Waals surface area contributed by atoms with Gasteiger partial charge in [-0.15, -0.1) is 0 Å². The molecule has 2 unspecified atom stereocenters. The molecule has 1 saturated carbocycles. The third kappa shape index (κ3) is 3.83. The average molecular weight is 310 g/mol. The highest BCUT2D eigenvalue weighted by Gasteiger charge is 2.19. The van der Waals surface area contributed by atoms with Crippen LogP contribution >= 0.6 is 11.6 Å². The van der Waals surface area contributed by atoms with E-state index in [1.807, 2.05) is 12.1 Å². The number of hydrogen-bond donors (Lipinski definition) is 1. The molecule has 1 fully saturated rings. The predicted octanol–water partition coefficient (Wildman–Crippen LogP) is 4.03. The van der Waals surface area contributed by atoms with Crippen molar-refractivity contribution in [1.82, 2.24) is 5.32 Å². The molecule has 2 atom stereocenters. The summed E-state index contributed by atoms with van der Waals surface area (Å²) in [6.45, 7) is 5.47. The molecule has 0 bridgehead atoms. The second-order valence-electron chi connectivity index (χ2n) is 6.37. The Morgan fingerprint density at radius 3 is 2.95 bits per heavy atom. The quantitative estimate of drug-likeness (QED) is 0.911. The minimum atomic E-state index is 0.574. The number of rotatable bonds is 4. The molecule has 1 aromatic carbocycles. The van der Waals surface area contributed by atoms with Gasteiger partial charge in [-0.1, -0.05) is 31.4 Å². The molecule has 4 heteroatoms. The van der Waals surface area contributed by atoms with Crippen LogP contribution < -0.4 is 14.8 Å². The van der Waals surface area contributed by atoms with Crippen molar-refractivity contribution >= 4 is 11.6 Å². The van der Waals surface area contributed by atoms with E-state index in [9.17, 15) is 0 Å². The Morgan fingerprint density at radius 2 is 2.10 bits per heavy atom. The number of ether oxygens (including phenoxy) is 2. The zero-order valence-corrected chi connectivity index (χ0v) is 13.4. The summed E-state index contributed by atoms with van der Waals surface area (Å²) < 4.78 is 11.2. The first-order chi connectivity index (χ1) is 10.2. The van der Waals surface area contributed by atoms with Gasteiger partial charge in [0.1, 0.15) is 13.2 Å². The van der Waals surface area contributed by atoms with Crippen molar-refractivity contribution in [1.29, 1.82) is 0 Å². The number of halogens is 1. The fourth-order valence-electron chi connectivity index (χ4n) is 3.43. The van der Waals surface area contributed by atoms with E-state index in [4.69, 9.17) is 21.1 Å². The SMILES string of the molecule is CC1CCCC(CNCc2cc(Cl)c3c(c2)OCCO3)C1. The summed E-state index contributed by atoms with van der Waals surface area (Å²) in [5.74, 6) is 3.17. The van der Waals surface area contributed by atoms with Crippen molar-refractivity contribution in [3.63, 3.8) is 0 Å². The fraction of sp³-hybridized carbons (Fsp3) is 0.647. The van der Waals surface area contributed by atoms with Crippen LogP contribution in [0.2, 0.25) is 5.02 Å². The highest BCUT2D eigenvalue weighted by atomic mass is 35.5. The maximum atomic E-state index is 6.26. The van der Waals surface area contributed by atoms with Gasteiger partial charge in [0.2, 0.25) is 0 Å². The maximum absolute atomic E-state index is 6.26. The summed E-state index contributed by atoms with van der Waals surface area (Å²) >= 11 is 6.26. The summed E-state index contributed by atoms with van der Waals surface area (Å²) in [6.07, 6.45) is 5.49. The lowest BCUT2D eigenvalue weighted by molar-refractivity contribution is 0.171. The van der Waals surface area contributed by atoms with Crippen molar-refractivity contribution in [3.8, 4) is 11.5 Å². The Hall–Kier alpha value is -0.930. The lowest BCUT2D eigenvalue weighted by Crippen LogP contribution is -2.26. The van der Waals surface area contributed by atoms with E-state index in [1.54, 1.807) is 0 Å². The largest absolute Gasteiger partial charge is 0.486 e. The van der Waals surface area contributed by atoms with Gasteiger partial charge in [0.25, 0.3) is 0 Å². The first kappa shape index (κ1) is 15.0. The smallest absolute Gasteiger partial charge is 0.179 e. The van der Waals surface area contributed by atoms with Crippen molar-refractivity contribution in [2.75, 3.05) is 19.8 Å². The Bertz CT molecular complexity index is 492. The molecule has 3 rings (SSSR count). The molecule has 1 heterocycles. The van der Waals surface area contributed by atoms with Crippen LogP contribution in [0.1, 0.15) is 38.2 Å². The van der Waals surface area contributed by atoms with Crippen LogP contribution in [-0.4, -0.2) is 19.8 Å². The molecule has 0 aromatic heterocycles. The molecule has 3 nitrogen and oxygen atoms in total. The second-order valence-corrected chi connectivity index (χ2v) is 6.78. The van der Waals surface area contributed by atoms with E-state index in [0.717, 1.165) is 36.2 Å². The molecule has 0 saturated heterocycles. The van der Waals surface area contributed by atoms with Gasteiger partial charge in [-0.05, 0) is 48.9 Å². The van der Waals surface area contributed by atoms with Gasteiger partial charge in [0.05, 0.1) is 5.02 Å². The molecule has 0 radical (unpaired) electrons. The van der Waals surface area contributed by atoms with Crippen LogP contribution in [0.15, 0.2) is 12.1 Å². The van der Waals surface area contributed by atoms with Gasteiger partial charge in [-0.25, -0.2) is 0 Å². The first-order valence-electron chi connectivity index (χ1n) is 8.01. The van der Waals surface area contributed by atoms with E-state index in [-0.39, 0.29) is 0 Å². The minimum Gasteiger partial charge on any atom is -0.486 e. The van der Waals surface area contributed by atoms with Gasteiger partial charge in [0, 0.05) is 6.54 Å². The minimum absolute atomic E-state index is 0.574. The first-order valence-corrected chi connectivity index (χ1v) is 8.39. The average Bonchev–Trinajstić information content (AvgIpc) is 2.47. The van der Waals surface area contributed by atoms with Crippen molar-refractivity contribution in [3.05, 3.63) is 22.7 Å². The van der Waals surface area contributed by atoms with Crippen LogP contribution in [-0.2, 0) is 6.54 Å². The van der Waals surface area contributed by atoms with Crippen LogP contribution in [0.5, 0.6) is 11.5 Å². The van der Waals surface area contributed by atoms with Gasteiger partial charge >= 0.3 is 0 Å². The molecule has 2 aliphatic rings. The molecule has 1 aliphatic carbocycles. The van der Waals surface area contributed by atoms with Crippen molar-refractivity contribution in [2.45, 2.75) is 39.2 Å². The Balaban J connectivity index is 1.54. The lowest BCUT2D eigenvalue weighted by Gasteiger charge is -2.27. The molecular formula is C17H24ClNO2. The predicted molar refractivity (Wildman–Crippen MR) is 85.3 cm³/mol. The van der Waals surface area contributed by atoms with E-state index in [1.165, 1.54) is 25.7 Å². The van der Waals surface area contributed by atoms with Gasteiger partial charge in [-0.3, -0.25) is 0 Å². The third-order valence-corrected chi connectivity index (χ3v) is 4.74. The molecule has 0 spiro atoms. The number of nitrogens with one attached hydrogen (secondary N) is 1.